The molecular weight excluding hydrogens is 346 g/mol. The highest BCUT2D eigenvalue weighted by Gasteiger charge is 2.26. The summed E-state index contributed by atoms with van der Waals surface area (Å²) in [5, 5.41) is 4.16. The highest BCUT2D eigenvalue weighted by molar-refractivity contribution is 9.10. The number of halogens is 3. The first-order valence-corrected chi connectivity index (χ1v) is 6.99. The smallest absolute Gasteiger partial charge is 0.131 e. The van der Waals surface area contributed by atoms with Crippen molar-refractivity contribution in [1.29, 1.82) is 0 Å². The SMILES string of the molecule is COCCn1ncc(Br)c1C(NN)c1c(F)cccc1F. The quantitative estimate of drug-likeness (QED) is 0.611. The number of nitrogens with one attached hydrogen (secondary N) is 1. The fraction of sp³-hybridized carbons (Fsp3) is 0.308. The van der Waals surface area contributed by atoms with Crippen LogP contribution in [0.5, 0.6) is 0 Å². The van der Waals surface area contributed by atoms with Gasteiger partial charge in [-0.2, -0.15) is 5.10 Å². The van der Waals surface area contributed by atoms with Gasteiger partial charge in [-0.1, -0.05) is 6.07 Å². The Hall–Kier alpha value is -1.35. The summed E-state index contributed by atoms with van der Waals surface area (Å²) in [5.74, 6) is 4.17. The Bertz CT molecular complexity index is 600. The van der Waals surface area contributed by atoms with Crippen molar-refractivity contribution in [3.63, 3.8) is 0 Å². The van der Waals surface area contributed by atoms with Crippen molar-refractivity contribution in [1.82, 2.24) is 15.2 Å². The van der Waals surface area contributed by atoms with Gasteiger partial charge in [0.2, 0.25) is 0 Å². The lowest BCUT2D eigenvalue weighted by Crippen LogP contribution is -2.32. The van der Waals surface area contributed by atoms with Crippen LogP contribution in [0.2, 0.25) is 0 Å². The van der Waals surface area contributed by atoms with Gasteiger partial charge in [0, 0.05) is 12.7 Å². The van der Waals surface area contributed by atoms with Gasteiger partial charge in [-0.25, -0.2) is 14.2 Å². The highest BCUT2D eigenvalue weighted by atomic mass is 79.9. The zero-order chi connectivity index (χ0) is 15.4. The maximum Gasteiger partial charge on any atom is 0.131 e. The summed E-state index contributed by atoms with van der Waals surface area (Å²) in [6, 6.07) is 2.80. The van der Waals surface area contributed by atoms with Crippen LogP contribution in [0.15, 0.2) is 28.9 Å². The predicted molar refractivity (Wildman–Crippen MR) is 77.3 cm³/mol. The number of ether oxygens (including phenoxy) is 1. The minimum atomic E-state index is -0.875. The summed E-state index contributed by atoms with van der Waals surface area (Å²) in [5.41, 5.74) is 2.82. The Morgan fingerprint density at radius 1 is 1.43 bits per heavy atom. The zero-order valence-electron chi connectivity index (χ0n) is 11.3. The third kappa shape index (κ3) is 3.29. The van der Waals surface area contributed by atoms with Crippen LogP contribution >= 0.6 is 15.9 Å². The second kappa shape index (κ2) is 7.08. The second-order valence-corrected chi connectivity index (χ2v) is 5.18. The van der Waals surface area contributed by atoms with E-state index in [1.54, 1.807) is 18.0 Å². The van der Waals surface area contributed by atoms with E-state index in [0.29, 0.717) is 23.3 Å². The van der Waals surface area contributed by atoms with E-state index in [-0.39, 0.29) is 5.56 Å². The van der Waals surface area contributed by atoms with Gasteiger partial charge in [0.05, 0.1) is 35.6 Å². The summed E-state index contributed by atoms with van der Waals surface area (Å²) < 4.78 is 35.2. The topological polar surface area (TPSA) is 65.1 Å². The normalized spacial score (nSPS) is 12.6. The van der Waals surface area contributed by atoms with E-state index in [4.69, 9.17) is 10.6 Å². The Morgan fingerprint density at radius 2 is 2.10 bits per heavy atom. The van der Waals surface area contributed by atoms with Crippen molar-refractivity contribution < 1.29 is 13.5 Å². The largest absolute Gasteiger partial charge is 0.383 e. The number of aromatic nitrogens is 2. The molecule has 8 heteroatoms. The van der Waals surface area contributed by atoms with Gasteiger partial charge in [0.15, 0.2) is 0 Å². The van der Waals surface area contributed by atoms with Crippen LogP contribution in [-0.4, -0.2) is 23.5 Å². The van der Waals surface area contributed by atoms with Crippen LogP contribution in [-0.2, 0) is 11.3 Å². The van der Waals surface area contributed by atoms with E-state index in [1.165, 1.54) is 18.2 Å². The first-order chi connectivity index (χ1) is 10.1. The van der Waals surface area contributed by atoms with Crippen LogP contribution < -0.4 is 11.3 Å². The number of benzene rings is 1. The maximum atomic E-state index is 14.0. The number of hydrogen-bond donors (Lipinski definition) is 2. The van der Waals surface area contributed by atoms with Gasteiger partial charge < -0.3 is 4.74 Å². The Kier molecular flexibility index (Phi) is 5.40. The van der Waals surface area contributed by atoms with Crippen molar-refractivity contribution in [3.8, 4) is 0 Å². The van der Waals surface area contributed by atoms with Crippen molar-refractivity contribution in [3.05, 3.63) is 51.8 Å². The van der Waals surface area contributed by atoms with Gasteiger partial charge in [0.1, 0.15) is 11.6 Å². The van der Waals surface area contributed by atoms with E-state index in [9.17, 15) is 8.78 Å². The molecule has 1 unspecified atom stereocenters. The molecule has 1 aromatic heterocycles. The second-order valence-electron chi connectivity index (χ2n) is 4.33. The molecule has 0 spiro atoms. The molecule has 114 valence electrons. The molecule has 2 rings (SSSR count). The highest BCUT2D eigenvalue weighted by Crippen LogP contribution is 2.31. The van der Waals surface area contributed by atoms with Crippen LogP contribution in [0.3, 0.4) is 0 Å². The molecule has 0 fully saturated rings. The number of methoxy groups -OCH3 is 1. The molecule has 3 N–H and O–H groups in total. The molecule has 0 saturated carbocycles. The van der Waals surface area contributed by atoms with Crippen LogP contribution in [0, 0.1) is 11.6 Å². The third-order valence-corrected chi connectivity index (χ3v) is 3.68. The lowest BCUT2D eigenvalue weighted by molar-refractivity contribution is 0.182. The van der Waals surface area contributed by atoms with Crippen LogP contribution in [0.4, 0.5) is 8.78 Å². The fourth-order valence-electron chi connectivity index (χ4n) is 2.10. The minimum Gasteiger partial charge on any atom is -0.383 e. The van der Waals surface area contributed by atoms with E-state index < -0.39 is 17.7 Å². The Balaban J connectivity index is 2.49. The standard InChI is InChI=1S/C13H15BrF2N4O/c1-21-6-5-20-13(8(14)7-18-20)12(19-17)11-9(15)3-2-4-10(11)16/h2-4,7,12,19H,5-6,17H2,1H3. The number of nitrogens with zero attached hydrogens (tertiary/aromatic N) is 2. The molecule has 0 aliphatic rings. The molecule has 0 aliphatic carbocycles. The number of nitrogens with two attached hydrogens (primary N) is 1. The van der Waals surface area contributed by atoms with Gasteiger partial charge in [-0.15, -0.1) is 0 Å². The lowest BCUT2D eigenvalue weighted by Gasteiger charge is -2.20. The van der Waals surface area contributed by atoms with E-state index in [1.807, 2.05) is 0 Å². The first kappa shape index (κ1) is 16.0. The molecule has 1 atom stereocenters. The lowest BCUT2D eigenvalue weighted by atomic mass is 10.0. The monoisotopic (exact) mass is 360 g/mol. The summed E-state index contributed by atoms with van der Waals surface area (Å²) in [6.07, 6.45) is 1.55. The van der Waals surface area contributed by atoms with Crippen molar-refractivity contribution >= 4 is 15.9 Å². The van der Waals surface area contributed by atoms with Crippen molar-refractivity contribution in [2.75, 3.05) is 13.7 Å². The van der Waals surface area contributed by atoms with Crippen molar-refractivity contribution in [2.24, 2.45) is 5.84 Å². The van der Waals surface area contributed by atoms with Crippen molar-refractivity contribution in [2.45, 2.75) is 12.6 Å². The average molecular weight is 361 g/mol. The molecule has 2 aromatic rings. The summed E-state index contributed by atoms with van der Waals surface area (Å²) in [7, 11) is 1.56. The maximum absolute atomic E-state index is 14.0. The van der Waals surface area contributed by atoms with Gasteiger partial charge in [-0.3, -0.25) is 10.5 Å². The fourth-order valence-corrected chi connectivity index (χ4v) is 2.63. The number of rotatable bonds is 6. The molecule has 5 nitrogen and oxygen atoms in total. The van der Waals surface area contributed by atoms with Gasteiger partial charge in [0.25, 0.3) is 0 Å². The molecule has 0 bridgehead atoms. The Labute approximate surface area is 129 Å². The summed E-state index contributed by atoms with van der Waals surface area (Å²) in [6.45, 7) is 0.851. The third-order valence-electron chi connectivity index (χ3n) is 3.07. The molecule has 0 aliphatic heterocycles. The summed E-state index contributed by atoms with van der Waals surface area (Å²) in [4.78, 5) is 0. The molecular formula is C13H15BrF2N4O. The zero-order valence-corrected chi connectivity index (χ0v) is 12.9. The first-order valence-electron chi connectivity index (χ1n) is 6.20. The van der Waals surface area contributed by atoms with E-state index in [2.05, 4.69) is 26.5 Å². The number of hydrazine groups is 1. The minimum absolute atomic E-state index is 0.153. The summed E-state index contributed by atoms with van der Waals surface area (Å²) >= 11 is 3.33. The van der Waals surface area contributed by atoms with E-state index >= 15 is 0 Å². The van der Waals surface area contributed by atoms with Gasteiger partial charge in [-0.05, 0) is 28.1 Å². The molecule has 1 aromatic carbocycles. The molecule has 21 heavy (non-hydrogen) atoms. The van der Waals surface area contributed by atoms with Gasteiger partial charge >= 0.3 is 0 Å². The Morgan fingerprint density at radius 3 is 2.67 bits per heavy atom. The number of hydrogen-bond acceptors (Lipinski definition) is 4. The molecule has 0 radical (unpaired) electrons. The molecule has 1 heterocycles. The molecule has 0 amide bonds. The van der Waals surface area contributed by atoms with E-state index in [0.717, 1.165) is 0 Å². The predicted octanol–water partition coefficient (Wildman–Crippen LogP) is 2.12. The van der Waals surface area contributed by atoms with Crippen LogP contribution in [0.1, 0.15) is 17.3 Å². The molecule has 0 saturated heterocycles. The average Bonchev–Trinajstić information content (AvgIpc) is 2.82. The van der Waals surface area contributed by atoms with Crippen LogP contribution in [0.25, 0.3) is 0 Å².